The molecule has 32 heavy (non-hydrogen) atoms. The summed E-state index contributed by atoms with van der Waals surface area (Å²) < 4.78 is 31.3. The molecule has 0 spiro atoms. The van der Waals surface area contributed by atoms with Crippen LogP contribution in [0.2, 0.25) is 0 Å². The molecule has 0 fully saturated rings. The maximum absolute atomic E-state index is 12.5. The van der Waals surface area contributed by atoms with Crippen LogP contribution in [0.4, 0.5) is 5.69 Å². The molecule has 3 aromatic carbocycles. The number of nitrogens with zero attached hydrogens (tertiary/aromatic N) is 2. The van der Waals surface area contributed by atoms with Crippen LogP contribution in [0.25, 0.3) is 0 Å². The van der Waals surface area contributed by atoms with Gasteiger partial charge in [0.1, 0.15) is 18.4 Å². The number of carbonyl (C=O) groups is 1. The fourth-order valence-electron chi connectivity index (χ4n) is 3.04. The lowest BCUT2D eigenvalue weighted by atomic mass is 10.2. The highest BCUT2D eigenvalue weighted by atomic mass is 32.2. The Hall–Kier alpha value is -3.65. The minimum atomic E-state index is -3.66. The van der Waals surface area contributed by atoms with Gasteiger partial charge in [-0.25, -0.2) is 13.8 Å². The van der Waals surface area contributed by atoms with Crippen molar-refractivity contribution in [2.45, 2.75) is 19.6 Å². The molecule has 7 nitrogen and oxygen atoms in total. The molecule has 0 aliphatic heterocycles. The number of hydrogen-bond donors (Lipinski definition) is 1. The topological polar surface area (TPSA) is 88.1 Å². The molecule has 0 unspecified atom stereocenters. The molecule has 3 aromatic rings. The highest BCUT2D eigenvalue weighted by Crippen LogP contribution is 2.20. The van der Waals surface area contributed by atoms with E-state index in [0.717, 1.165) is 27.4 Å². The molecule has 1 amide bonds. The van der Waals surface area contributed by atoms with E-state index >= 15 is 0 Å². The summed E-state index contributed by atoms with van der Waals surface area (Å²) in [6.07, 6.45) is 2.55. The van der Waals surface area contributed by atoms with Crippen LogP contribution in [-0.2, 0) is 21.4 Å². The lowest BCUT2D eigenvalue weighted by Crippen LogP contribution is -2.46. The first-order valence-electron chi connectivity index (χ1n) is 9.99. The summed E-state index contributed by atoms with van der Waals surface area (Å²) in [5.74, 6) is 0.175. The summed E-state index contributed by atoms with van der Waals surface area (Å²) in [6.45, 7) is 1.98. The van der Waals surface area contributed by atoms with Gasteiger partial charge < -0.3 is 4.74 Å². The van der Waals surface area contributed by atoms with Gasteiger partial charge in [0.15, 0.2) is 0 Å². The predicted molar refractivity (Wildman–Crippen MR) is 126 cm³/mol. The first-order chi connectivity index (χ1) is 15.3. The monoisotopic (exact) mass is 451 g/mol. The van der Waals surface area contributed by atoms with Crippen molar-refractivity contribution < 1.29 is 17.9 Å². The number of hydrazone groups is 1. The van der Waals surface area contributed by atoms with E-state index in [-0.39, 0.29) is 0 Å². The molecule has 8 heteroatoms. The number of benzene rings is 3. The molecule has 0 bridgehead atoms. The number of carbonyl (C=O) groups excluding carboxylic acids is 1. The number of hydrogen-bond acceptors (Lipinski definition) is 5. The Morgan fingerprint density at radius 3 is 2.19 bits per heavy atom. The predicted octanol–water partition coefficient (Wildman–Crippen LogP) is 3.57. The highest BCUT2D eigenvalue weighted by molar-refractivity contribution is 7.92. The number of amides is 1. The van der Waals surface area contributed by atoms with E-state index in [0.29, 0.717) is 12.3 Å². The van der Waals surface area contributed by atoms with Gasteiger partial charge in [0, 0.05) is 0 Å². The van der Waals surface area contributed by atoms with E-state index in [9.17, 15) is 13.2 Å². The van der Waals surface area contributed by atoms with Crippen LogP contribution < -0.4 is 14.5 Å². The summed E-state index contributed by atoms with van der Waals surface area (Å²) in [7, 11) is -3.66. The summed E-state index contributed by atoms with van der Waals surface area (Å²) in [4.78, 5) is 12.5. The normalized spacial score (nSPS) is 12.3. The van der Waals surface area contributed by atoms with Gasteiger partial charge in [0.05, 0.1) is 18.2 Å². The Morgan fingerprint density at radius 2 is 1.59 bits per heavy atom. The van der Waals surface area contributed by atoms with Gasteiger partial charge in [-0.1, -0.05) is 48.5 Å². The van der Waals surface area contributed by atoms with E-state index in [2.05, 4.69) is 10.5 Å². The van der Waals surface area contributed by atoms with E-state index in [1.165, 1.54) is 13.1 Å². The van der Waals surface area contributed by atoms with Gasteiger partial charge in [-0.05, 0) is 54.4 Å². The number of anilines is 1. The Morgan fingerprint density at radius 1 is 1.00 bits per heavy atom. The number of rotatable bonds is 9. The molecule has 0 saturated heterocycles. The lowest BCUT2D eigenvalue weighted by Gasteiger charge is -2.27. The van der Waals surface area contributed by atoms with Crippen molar-refractivity contribution in [3.05, 3.63) is 96.1 Å². The molecule has 0 radical (unpaired) electrons. The van der Waals surface area contributed by atoms with Gasteiger partial charge in [-0.15, -0.1) is 0 Å². The van der Waals surface area contributed by atoms with Crippen LogP contribution >= 0.6 is 0 Å². The van der Waals surface area contributed by atoms with Crippen molar-refractivity contribution in [1.82, 2.24) is 5.43 Å². The second-order valence-electron chi connectivity index (χ2n) is 7.15. The highest BCUT2D eigenvalue weighted by Gasteiger charge is 2.28. The van der Waals surface area contributed by atoms with Gasteiger partial charge in [-0.3, -0.25) is 9.10 Å². The number of ether oxygens (including phenoxy) is 1. The lowest BCUT2D eigenvalue weighted by molar-refractivity contribution is -0.121. The van der Waals surface area contributed by atoms with Gasteiger partial charge >= 0.3 is 0 Å². The summed E-state index contributed by atoms with van der Waals surface area (Å²) >= 11 is 0. The van der Waals surface area contributed by atoms with Crippen LogP contribution in [-0.4, -0.2) is 32.8 Å². The zero-order valence-electron chi connectivity index (χ0n) is 17.9. The van der Waals surface area contributed by atoms with Crippen LogP contribution in [0.5, 0.6) is 5.75 Å². The minimum absolute atomic E-state index is 0.410. The fraction of sp³-hybridized carbons (Fsp3) is 0.167. The summed E-state index contributed by atoms with van der Waals surface area (Å²) in [6, 6.07) is 24.6. The number of para-hydroxylation sites is 1. The number of nitrogens with one attached hydrogen (secondary N) is 1. The zero-order chi connectivity index (χ0) is 23.0. The van der Waals surface area contributed by atoms with Crippen LogP contribution in [0.1, 0.15) is 18.1 Å². The Balaban J connectivity index is 1.58. The molecular weight excluding hydrogens is 426 g/mol. The molecular formula is C24H25N3O4S. The molecule has 0 saturated carbocycles. The third-order valence-electron chi connectivity index (χ3n) is 4.62. The largest absolute Gasteiger partial charge is 0.489 e. The molecule has 166 valence electrons. The molecule has 0 heterocycles. The average molecular weight is 452 g/mol. The van der Waals surface area contributed by atoms with Crippen molar-refractivity contribution in [3.8, 4) is 5.75 Å². The molecule has 0 aliphatic rings. The van der Waals surface area contributed by atoms with Crippen LogP contribution in [0, 0.1) is 0 Å². The second kappa shape index (κ2) is 10.6. The third kappa shape index (κ3) is 6.42. The Bertz CT molecular complexity index is 1150. The summed E-state index contributed by atoms with van der Waals surface area (Å²) in [5.41, 5.74) is 4.65. The number of sulfonamides is 1. The Kier molecular flexibility index (Phi) is 7.62. The molecule has 3 rings (SSSR count). The molecule has 1 atom stereocenters. The molecule has 1 N–H and O–H groups in total. The first kappa shape index (κ1) is 23.0. The van der Waals surface area contributed by atoms with Crippen LogP contribution in [0.3, 0.4) is 0 Å². The third-order valence-corrected chi connectivity index (χ3v) is 5.86. The average Bonchev–Trinajstić information content (AvgIpc) is 2.79. The van der Waals surface area contributed by atoms with Crippen molar-refractivity contribution in [1.29, 1.82) is 0 Å². The van der Waals surface area contributed by atoms with E-state index in [1.54, 1.807) is 30.3 Å². The maximum Gasteiger partial charge on any atom is 0.263 e. The van der Waals surface area contributed by atoms with Crippen molar-refractivity contribution >= 4 is 27.8 Å². The van der Waals surface area contributed by atoms with E-state index in [1.807, 2.05) is 54.6 Å². The van der Waals surface area contributed by atoms with Crippen LogP contribution in [0.15, 0.2) is 90.0 Å². The standard InChI is InChI=1S/C24H25N3O4S/c1-19(27(32(2,29)30)22-11-7-4-8-12-22)24(28)26-25-17-20-13-15-23(16-14-20)31-18-21-9-5-3-6-10-21/h3-17,19H,18H2,1-2H3,(H,26,28)/b25-17-/t19-/m1/s1. The van der Waals surface area contributed by atoms with Crippen molar-refractivity contribution in [3.63, 3.8) is 0 Å². The van der Waals surface area contributed by atoms with Crippen molar-refractivity contribution in [2.75, 3.05) is 10.6 Å². The Labute approximate surface area is 188 Å². The molecule has 0 aromatic heterocycles. The summed E-state index contributed by atoms with van der Waals surface area (Å²) in [5, 5.41) is 3.96. The van der Waals surface area contributed by atoms with Crippen molar-refractivity contribution in [2.24, 2.45) is 5.10 Å². The molecule has 0 aliphatic carbocycles. The van der Waals surface area contributed by atoms with Gasteiger partial charge in [0.25, 0.3) is 5.91 Å². The fourth-order valence-corrected chi connectivity index (χ4v) is 4.21. The zero-order valence-corrected chi connectivity index (χ0v) is 18.7. The van der Waals surface area contributed by atoms with E-state index in [4.69, 9.17) is 4.74 Å². The second-order valence-corrected chi connectivity index (χ2v) is 9.01. The smallest absolute Gasteiger partial charge is 0.263 e. The van der Waals surface area contributed by atoms with Gasteiger partial charge in [0.2, 0.25) is 10.0 Å². The maximum atomic E-state index is 12.5. The SMILES string of the molecule is C[C@H](C(=O)N/N=C\c1ccc(OCc2ccccc2)cc1)N(c1ccccc1)S(C)(=O)=O. The van der Waals surface area contributed by atoms with Gasteiger partial charge in [-0.2, -0.15) is 5.10 Å². The first-order valence-corrected chi connectivity index (χ1v) is 11.8. The quantitative estimate of drug-likeness (QED) is 0.398. The minimum Gasteiger partial charge on any atom is -0.489 e. The van der Waals surface area contributed by atoms with E-state index < -0.39 is 22.0 Å².